The molecule has 0 atom stereocenters. The van der Waals surface area contributed by atoms with Crippen molar-refractivity contribution in [2.45, 2.75) is 59.8 Å². The predicted molar refractivity (Wildman–Crippen MR) is 91.5 cm³/mol. The van der Waals surface area contributed by atoms with Crippen LogP contribution >= 0.6 is 0 Å². The molecule has 0 aliphatic carbocycles. The van der Waals surface area contributed by atoms with Gasteiger partial charge in [-0.25, -0.2) is 0 Å². The van der Waals surface area contributed by atoms with Gasteiger partial charge >= 0.3 is 0 Å². The lowest BCUT2D eigenvalue weighted by atomic mass is 10.3. The lowest BCUT2D eigenvalue weighted by molar-refractivity contribution is 0.261. The van der Waals surface area contributed by atoms with E-state index in [0.717, 1.165) is 13.1 Å². The summed E-state index contributed by atoms with van der Waals surface area (Å²) in [6.45, 7) is 18.9. The van der Waals surface area contributed by atoms with E-state index in [0.29, 0.717) is 0 Å². The summed E-state index contributed by atoms with van der Waals surface area (Å²) in [5.74, 6) is 0. The van der Waals surface area contributed by atoms with Gasteiger partial charge in [0.05, 0.1) is 0 Å². The molecule has 0 amide bonds. The van der Waals surface area contributed by atoms with Crippen molar-refractivity contribution >= 4 is 0 Å². The minimum Gasteiger partial charge on any atom is -0.315 e. The molecule has 0 saturated carbocycles. The maximum atomic E-state index is 3.60. The van der Waals surface area contributed by atoms with Crippen LogP contribution in [0, 0.1) is 0 Å². The van der Waals surface area contributed by atoms with Crippen LogP contribution in [0.3, 0.4) is 0 Å². The first-order valence-corrected chi connectivity index (χ1v) is 8.93. The summed E-state index contributed by atoms with van der Waals surface area (Å²) in [4.78, 5) is 5.18. The molecule has 0 fully saturated rings. The Kier molecular flexibility index (Phi) is 15.2. The lowest BCUT2D eigenvalue weighted by Gasteiger charge is -2.22. The second-order valence-corrected chi connectivity index (χ2v) is 5.79. The standard InChI is InChI=1S/C17H39N3/c1-5-12-19(13-6-2)16-9-10-18-11-17-20(14-7-3)15-8-4/h18H,5-17H2,1-4H3. The Morgan fingerprint density at radius 1 is 0.550 bits per heavy atom. The molecule has 0 rings (SSSR count). The van der Waals surface area contributed by atoms with Crippen molar-refractivity contribution in [1.29, 1.82) is 0 Å². The molecule has 0 aromatic rings. The SMILES string of the molecule is CCCN(CCC)CCCNCCN(CCC)CCC. The Labute approximate surface area is 128 Å². The van der Waals surface area contributed by atoms with Gasteiger partial charge in [-0.1, -0.05) is 27.7 Å². The van der Waals surface area contributed by atoms with Gasteiger partial charge in [0.1, 0.15) is 0 Å². The quantitative estimate of drug-likeness (QED) is 0.466. The van der Waals surface area contributed by atoms with Gasteiger partial charge in [0, 0.05) is 13.1 Å². The third kappa shape index (κ3) is 11.7. The molecular formula is C17H39N3. The van der Waals surface area contributed by atoms with E-state index in [4.69, 9.17) is 0 Å². The molecule has 0 aromatic heterocycles. The largest absolute Gasteiger partial charge is 0.315 e. The van der Waals surface area contributed by atoms with Crippen molar-refractivity contribution in [2.75, 3.05) is 52.4 Å². The van der Waals surface area contributed by atoms with E-state index in [2.05, 4.69) is 42.8 Å². The zero-order valence-electron chi connectivity index (χ0n) is 14.6. The molecule has 1 N–H and O–H groups in total. The zero-order chi connectivity index (χ0) is 15.1. The smallest absolute Gasteiger partial charge is 0.0107 e. The summed E-state index contributed by atoms with van der Waals surface area (Å²) in [6, 6.07) is 0. The number of nitrogens with one attached hydrogen (secondary N) is 1. The Hall–Kier alpha value is -0.120. The summed E-state index contributed by atoms with van der Waals surface area (Å²) in [5, 5.41) is 3.60. The van der Waals surface area contributed by atoms with Crippen molar-refractivity contribution in [1.82, 2.24) is 15.1 Å². The Balaban J connectivity index is 3.53. The number of nitrogens with zero attached hydrogens (tertiary/aromatic N) is 2. The molecule has 3 nitrogen and oxygen atoms in total. The van der Waals surface area contributed by atoms with Crippen LogP contribution in [0.25, 0.3) is 0 Å². The van der Waals surface area contributed by atoms with E-state index < -0.39 is 0 Å². The van der Waals surface area contributed by atoms with Crippen molar-refractivity contribution in [3.05, 3.63) is 0 Å². The first-order chi connectivity index (χ1) is 9.78. The van der Waals surface area contributed by atoms with Crippen LogP contribution in [-0.2, 0) is 0 Å². The normalized spacial score (nSPS) is 11.7. The maximum absolute atomic E-state index is 3.60. The Morgan fingerprint density at radius 2 is 1.00 bits per heavy atom. The van der Waals surface area contributed by atoms with Crippen molar-refractivity contribution in [2.24, 2.45) is 0 Å². The first kappa shape index (κ1) is 19.9. The molecular weight excluding hydrogens is 246 g/mol. The topological polar surface area (TPSA) is 18.5 Å². The Morgan fingerprint density at radius 3 is 1.45 bits per heavy atom. The van der Waals surface area contributed by atoms with Crippen LogP contribution in [-0.4, -0.2) is 62.2 Å². The molecule has 0 aliphatic rings. The van der Waals surface area contributed by atoms with E-state index in [1.54, 1.807) is 0 Å². The van der Waals surface area contributed by atoms with Crippen LogP contribution in [0.1, 0.15) is 59.8 Å². The average Bonchev–Trinajstić information content (AvgIpc) is 2.43. The zero-order valence-corrected chi connectivity index (χ0v) is 14.6. The Bertz CT molecular complexity index is 153. The highest BCUT2D eigenvalue weighted by atomic mass is 15.1. The van der Waals surface area contributed by atoms with E-state index in [1.165, 1.54) is 71.4 Å². The van der Waals surface area contributed by atoms with Crippen molar-refractivity contribution < 1.29 is 0 Å². The summed E-state index contributed by atoms with van der Waals surface area (Å²) < 4.78 is 0. The van der Waals surface area contributed by atoms with Crippen LogP contribution < -0.4 is 5.32 Å². The number of hydrogen-bond acceptors (Lipinski definition) is 3. The molecule has 3 heteroatoms. The highest BCUT2D eigenvalue weighted by Crippen LogP contribution is 1.96. The average molecular weight is 286 g/mol. The summed E-state index contributed by atoms with van der Waals surface area (Å²) in [5.41, 5.74) is 0. The molecule has 0 unspecified atom stereocenters. The molecule has 0 aromatic carbocycles. The number of hydrogen-bond donors (Lipinski definition) is 1. The second kappa shape index (κ2) is 15.3. The minimum absolute atomic E-state index is 1.14. The van der Waals surface area contributed by atoms with Gasteiger partial charge in [0.15, 0.2) is 0 Å². The molecule has 0 spiro atoms. The summed E-state index contributed by atoms with van der Waals surface area (Å²) >= 11 is 0. The van der Waals surface area contributed by atoms with Gasteiger partial charge in [0.2, 0.25) is 0 Å². The second-order valence-electron chi connectivity index (χ2n) is 5.79. The van der Waals surface area contributed by atoms with Crippen LogP contribution in [0.15, 0.2) is 0 Å². The minimum atomic E-state index is 1.14. The lowest BCUT2D eigenvalue weighted by Crippen LogP contribution is -2.34. The van der Waals surface area contributed by atoms with E-state index >= 15 is 0 Å². The van der Waals surface area contributed by atoms with E-state index in [1.807, 2.05) is 0 Å². The molecule has 0 heterocycles. The van der Waals surface area contributed by atoms with Crippen LogP contribution in [0.2, 0.25) is 0 Å². The van der Waals surface area contributed by atoms with Gasteiger partial charge in [0.25, 0.3) is 0 Å². The van der Waals surface area contributed by atoms with Gasteiger partial charge in [-0.3, -0.25) is 0 Å². The molecule has 122 valence electrons. The summed E-state index contributed by atoms with van der Waals surface area (Å²) in [7, 11) is 0. The number of rotatable bonds is 15. The van der Waals surface area contributed by atoms with Gasteiger partial charge in [-0.15, -0.1) is 0 Å². The summed E-state index contributed by atoms with van der Waals surface area (Å²) in [6.07, 6.45) is 6.36. The van der Waals surface area contributed by atoms with E-state index in [-0.39, 0.29) is 0 Å². The highest BCUT2D eigenvalue weighted by Gasteiger charge is 2.03. The highest BCUT2D eigenvalue weighted by molar-refractivity contribution is 4.61. The van der Waals surface area contributed by atoms with Crippen LogP contribution in [0.5, 0.6) is 0 Å². The fourth-order valence-corrected chi connectivity index (χ4v) is 2.73. The fourth-order valence-electron chi connectivity index (χ4n) is 2.73. The monoisotopic (exact) mass is 285 g/mol. The molecule has 0 bridgehead atoms. The predicted octanol–water partition coefficient (Wildman–Crippen LogP) is 3.21. The van der Waals surface area contributed by atoms with Gasteiger partial charge in [-0.2, -0.15) is 0 Å². The van der Waals surface area contributed by atoms with Crippen molar-refractivity contribution in [3.8, 4) is 0 Å². The molecule has 0 radical (unpaired) electrons. The van der Waals surface area contributed by atoms with E-state index in [9.17, 15) is 0 Å². The third-order valence-electron chi connectivity index (χ3n) is 3.59. The first-order valence-electron chi connectivity index (χ1n) is 8.93. The van der Waals surface area contributed by atoms with Gasteiger partial charge in [-0.05, 0) is 71.4 Å². The maximum Gasteiger partial charge on any atom is 0.0107 e. The fraction of sp³-hybridized carbons (Fsp3) is 1.00. The van der Waals surface area contributed by atoms with Gasteiger partial charge < -0.3 is 15.1 Å². The van der Waals surface area contributed by atoms with Crippen LogP contribution in [0.4, 0.5) is 0 Å². The molecule has 20 heavy (non-hydrogen) atoms. The molecule has 0 saturated heterocycles. The van der Waals surface area contributed by atoms with Crippen molar-refractivity contribution in [3.63, 3.8) is 0 Å². The molecule has 0 aliphatic heterocycles. The third-order valence-corrected chi connectivity index (χ3v) is 3.59.